The van der Waals surface area contributed by atoms with E-state index in [0.29, 0.717) is 55.6 Å². The molecule has 2 amide bonds. The van der Waals surface area contributed by atoms with Crippen molar-refractivity contribution in [3.05, 3.63) is 24.0 Å². The summed E-state index contributed by atoms with van der Waals surface area (Å²) < 4.78 is 20.0. The molecule has 1 aromatic carbocycles. The monoisotopic (exact) mass is 394 g/mol. The molecule has 2 aliphatic heterocycles. The van der Waals surface area contributed by atoms with Gasteiger partial charge in [-0.3, -0.25) is 9.69 Å². The minimum Gasteiger partial charge on any atom is -0.442 e. The number of halogens is 1. The van der Waals surface area contributed by atoms with Gasteiger partial charge in [0.25, 0.3) is 0 Å². The number of carbonyl (C=O) groups is 2. The normalized spacial score (nSPS) is 19.9. The van der Waals surface area contributed by atoms with Gasteiger partial charge in [0.2, 0.25) is 5.91 Å². The van der Waals surface area contributed by atoms with Crippen molar-refractivity contribution in [2.24, 2.45) is 0 Å². The van der Waals surface area contributed by atoms with Gasteiger partial charge >= 0.3 is 6.09 Å². The molecular formula is C18H23FN4O3S. The van der Waals surface area contributed by atoms with Crippen LogP contribution in [0.25, 0.3) is 0 Å². The molecule has 0 radical (unpaired) electrons. The summed E-state index contributed by atoms with van der Waals surface area (Å²) >= 11 is 4.96. The Labute approximate surface area is 163 Å². The molecule has 7 nitrogen and oxygen atoms in total. The van der Waals surface area contributed by atoms with Gasteiger partial charge in [0.15, 0.2) is 0 Å². The van der Waals surface area contributed by atoms with Crippen LogP contribution in [0.3, 0.4) is 0 Å². The van der Waals surface area contributed by atoms with Crippen molar-refractivity contribution in [3.63, 3.8) is 0 Å². The molecule has 1 N–H and O–H groups in total. The Morgan fingerprint density at radius 2 is 2.00 bits per heavy atom. The number of nitrogens with one attached hydrogen (secondary N) is 1. The van der Waals surface area contributed by atoms with Crippen LogP contribution in [-0.2, 0) is 9.53 Å². The van der Waals surface area contributed by atoms with Crippen LogP contribution in [0, 0.1) is 5.82 Å². The highest BCUT2D eigenvalue weighted by atomic mass is 32.1. The van der Waals surface area contributed by atoms with Crippen LogP contribution in [0.2, 0.25) is 0 Å². The van der Waals surface area contributed by atoms with Gasteiger partial charge in [0.1, 0.15) is 11.9 Å². The van der Waals surface area contributed by atoms with Crippen LogP contribution in [0.5, 0.6) is 0 Å². The van der Waals surface area contributed by atoms with Crippen molar-refractivity contribution < 1.29 is 18.7 Å². The molecule has 2 aliphatic rings. The third-order valence-corrected chi connectivity index (χ3v) is 4.91. The summed E-state index contributed by atoms with van der Waals surface area (Å²) in [6.45, 7) is 6.36. The van der Waals surface area contributed by atoms with E-state index in [2.05, 4.69) is 5.32 Å². The summed E-state index contributed by atoms with van der Waals surface area (Å²) in [6, 6.07) is 4.75. The number of nitrogens with zero attached hydrogens (tertiary/aromatic N) is 3. The fourth-order valence-corrected chi connectivity index (χ4v) is 3.36. The van der Waals surface area contributed by atoms with Gasteiger partial charge in [-0.2, -0.15) is 0 Å². The quantitative estimate of drug-likeness (QED) is 0.785. The van der Waals surface area contributed by atoms with E-state index in [1.54, 1.807) is 24.0 Å². The van der Waals surface area contributed by atoms with E-state index in [9.17, 15) is 14.0 Å². The van der Waals surface area contributed by atoms with Crippen molar-refractivity contribution in [1.82, 2.24) is 10.2 Å². The van der Waals surface area contributed by atoms with E-state index in [0.717, 1.165) is 0 Å². The minimum atomic E-state index is -0.494. The SMILES string of the molecule is CC(=O)N1CCN(c2ccc(N3C[C@H](CNC(C)=S)OC3=O)cc2F)CC1. The summed E-state index contributed by atoms with van der Waals surface area (Å²) in [7, 11) is 0. The number of rotatable bonds is 4. The van der Waals surface area contributed by atoms with E-state index in [-0.39, 0.29) is 12.0 Å². The van der Waals surface area contributed by atoms with E-state index < -0.39 is 11.9 Å². The van der Waals surface area contributed by atoms with E-state index in [1.165, 1.54) is 17.9 Å². The Morgan fingerprint density at radius 3 is 2.59 bits per heavy atom. The fourth-order valence-electron chi connectivity index (χ4n) is 3.28. The molecule has 0 unspecified atom stereocenters. The zero-order valence-electron chi connectivity index (χ0n) is 15.4. The third kappa shape index (κ3) is 4.47. The Bertz CT molecular complexity index is 752. The fraction of sp³-hybridized carbons (Fsp3) is 0.500. The van der Waals surface area contributed by atoms with Crippen LogP contribution in [0.4, 0.5) is 20.6 Å². The summed E-state index contributed by atoms with van der Waals surface area (Å²) in [6.07, 6.45) is -0.830. The predicted octanol–water partition coefficient (Wildman–Crippen LogP) is 1.76. The zero-order chi connectivity index (χ0) is 19.6. The van der Waals surface area contributed by atoms with E-state index in [1.807, 2.05) is 4.90 Å². The minimum absolute atomic E-state index is 0.0332. The van der Waals surface area contributed by atoms with Crippen molar-refractivity contribution in [3.8, 4) is 0 Å². The number of cyclic esters (lactones) is 1. The molecule has 2 saturated heterocycles. The average Bonchev–Trinajstić information content (AvgIpc) is 3.01. The Morgan fingerprint density at radius 1 is 1.30 bits per heavy atom. The van der Waals surface area contributed by atoms with E-state index >= 15 is 0 Å². The van der Waals surface area contributed by atoms with Gasteiger partial charge in [-0.1, -0.05) is 12.2 Å². The second-order valence-corrected chi connectivity index (χ2v) is 7.29. The number of hydrogen-bond acceptors (Lipinski definition) is 5. The van der Waals surface area contributed by atoms with Crippen molar-refractivity contribution >= 4 is 40.6 Å². The lowest BCUT2D eigenvalue weighted by Crippen LogP contribution is -2.48. The van der Waals surface area contributed by atoms with E-state index in [4.69, 9.17) is 17.0 Å². The van der Waals surface area contributed by atoms with Crippen LogP contribution >= 0.6 is 12.2 Å². The smallest absolute Gasteiger partial charge is 0.414 e. The molecule has 2 fully saturated rings. The van der Waals surface area contributed by atoms with Gasteiger partial charge in [-0.15, -0.1) is 0 Å². The first-order valence-corrected chi connectivity index (χ1v) is 9.28. The number of thiocarbonyl (C=S) groups is 1. The number of ether oxygens (including phenoxy) is 1. The second kappa shape index (κ2) is 8.08. The zero-order valence-corrected chi connectivity index (χ0v) is 16.2. The maximum Gasteiger partial charge on any atom is 0.414 e. The van der Waals surface area contributed by atoms with Gasteiger partial charge in [-0.25, -0.2) is 9.18 Å². The molecule has 0 saturated carbocycles. The number of anilines is 2. The van der Waals surface area contributed by atoms with Crippen molar-refractivity contribution in [2.45, 2.75) is 20.0 Å². The first kappa shape index (κ1) is 19.3. The molecule has 3 rings (SSSR count). The standard InChI is InChI=1S/C18H23FN4O3S/c1-12(27)20-10-15-11-23(18(25)26-15)14-3-4-17(16(19)9-14)22-7-5-21(6-8-22)13(2)24/h3-4,9,15H,5-8,10-11H2,1-2H3,(H,20,27)/t15-/m0/s1. The van der Waals surface area contributed by atoms with Gasteiger partial charge in [0.05, 0.1) is 29.5 Å². The number of carbonyl (C=O) groups excluding carboxylic acids is 2. The highest BCUT2D eigenvalue weighted by Crippen LogP contribution is 2.28. The molecule has 1 atom stereocenters. The molecule has 1 aromatic rings. The van der Waals surface area contributed by atoms with Gasteiger partial charge in [0, 0.05) is 33.1 Å². The predicted molar refractivity (Wildman–Crippen MR) is 105 cm³/mol. The van der Waals surface area contributed by atoms with Crippen molar-refractivity contribution in [1.29, 1.82) is 0 Å². The number of amides is 2. The lowest BCUT2D eigenvalue weighted by Gasteiger charge is -2.35. The lowest BCUT2D eigenvalue weighted by molar-refractivity contribution is -0.129. The largest absolute Gasteiger partial charge is 0.442 e. The molecule has 9 heteroatoms. The molecule has 0 spiro atoms. The van der Waals surface area contributed by atoms with Crippen molar-refractivity contribution in [2.75, 3.05) is 49.1 Å². The van der Waals surface area contributed by atoms with Gasteiger partial charge < -0.3 is 19.9 Å². The Hall–Kier alpha value is -2.42. The van der Waals surface area contributed by atoms with Crippen LogP contribution < -0.4 is 15.1 Å². The molecular weight excluding hydrogens is 371 g/mol. The Balaban J connectivity index is 1.66. The molecule has 0 bridgehead atoms. The number of hydrogen-bond donors (Lipinski definition) is 1. The summed E-state index contributed by atoms with van der Waals surface area (Å²) in [5.41, 5.74) is 0.939. The summed E-state index contributed by atoms with van der Waals surface area (Å²) in [4.78, 5) is 29.2. The highest BCUT2D eigenvalue weighted by Gasteiger charge is 2.33. The molecule has 2 heterocycles. The van der Waals surface area contributed by atoms with Gasteiger partial charge in [-0.05, 0) is 25.1 Å². The lowest BCUT2D eigenvalue weighted by atomic mass is 10.2. The first-order chi connectivity index (χ1) is 12.8. The van der Waals surface area contributed by atoms with Crippen LogP contribution in [-0.4, -0.2) is 67.3 Å². The summed E-state index contributed by atoms with van der Waals surface area (Å²) in [5.74, 6) is -0.362. The molecule has 146 valence electrons. The summed E-state index contributed by atoms with van der Waals surface area (Å²) in [5, 5.41) is 2.97. The topological polar surface area (TPSA) is 65.1 Å². The third-order valence-electron chi connectivity index (χ3n) is 4.76. The molecule has 0 aromatic heterocycles. The maximum absolute atomic E-state index is 14.7. The van der Waals surface area contributed by atoms with Crippen LogP contribution in [0.15, 0.2) is 18.2 Å². The molecule has 27 heavy (non-hydrogen) atoms. The number of piperazine rings is 1. The average molecular weight is 394 g/mol. The maximum atomic E-state index is 14.7. The Kier molecular flexibility index (Phi) is 5.79. The van der Waals surface area contributed by atoms with Crippen LogP contribution in [0.1, 0.15) is 13.8 Å². The first-order valence-electron chi connectivity index (χ1n) is 8.87. The highest BCUT2D eigenvalue weighted by molar-refractivity contribution is 7.80. The second-order valence-electron chi connectivity index (χ2n) is 6.68. The molecule has 0 aliphatic carbocycles. The number of benzene rings is 1.